The summed E-state index contributed by atoms with van der Waals surface area (Å²) >= 11 is 6.81. The van der Waals surface area contributed by atoms with Crippen LogP contribution < -0.4 is 16.2 Å². The number of pyridine rings is 2. The Kier molecular flexibility index (Phi) is 7.54. The third kappa shape index (κ3) is 5.42. The number of sulfone groups is 1. The number of aromatic nitrogens is 4. The van der Waals surface area contributed by atoms with Crippen LogP contribution in [0.15, 0.2) is 52.7 Å². The molecule has 0 spiro atoms. The van der Waals surface area contributed by atoms with Gasteiger partial charge in [0.05, 0.1) is 39.0 Å². The van der Waals surface area contributed by atoms with Crippen molar-refractivity contribution in [1.29, 1.82) is 0 Å². The molecule has 3 aromatic heterocycles. The van der Waals surface area contributed by atoms with Crippen molar-refractivity contribution in [3.05, 3.63) is 75.6 Å². The van der Waals surface area contributed by atoms with Crippen molar-refractivity contribution in [3.8, 4) is 16.9 Å². The van der Waals surface area contributed by atoms with Crippen molar-refractivity contribution < 1.29 is 22.0 Å². The number of piperazine rings is 1. The molecule has 1 aliphatic heterocycles. The zero-order valence-corrected chi connectivity index (χ0v) is 26.9. The van der Waals surface area contributed by atoms with E-state index in [1.165, 1.54) is 40.1 Å². The standard InChI is InChI=1S/C32H30ClF2N7O4S/c1-16(34)31(43)41-12-10-40(11-13-41)27-19-14-20(33)26(23-21(35)4-3-5-22(23)36)39-30(19)42(32(44)29(27)47(2,45)46)28-24(17-6-7-17)37-15-38-25(28)18-8-9-18/h3-5,14-15,17-18H,1,6-13,36H2,2H3. The Bertz CT molecular complexity index is 2130. The number of nitrogens with zero attached hydrogens (tertiary/aromatic N) is 6. The van der Waals surface area contributed by atoms with Crippen LogP contribution in [0.1, 0.15) is 48.9 Å². The number of halogens is 3. The molecule has 2 saturated carbocycles. The Hall–Kier alpha value is -4.43. The number of carbonyl (C=O) groups excluding carboxylic acids is 1. The van der Waals surface area contributed by atoms with Crippen LogP contribution >= 0.6 is 11.6 Å². The first kappa shape index (κ1) is 31.2. The maximum absolute atomic E-state index is 15.3. The highest BCUT2D eigenvalue weighted by Gasteiger charge is 2.39. The first-order chi connectivity index (χ1) is 22.4. The Morgan fingerprint density at radius 2 is 1.66 bits per heavy atom. The van der Waals surface area contributed by atoms with Crippen molar-refractivity contribution in [1.82, 2.24) is 24.4 Å². The summed E-state index contributed by atoms with van der Waals surface area (Å²) in [5.74, 6) is -2.58. The van der Waals surface area contributed by atoms with E-state index in [4.69, 9.17) is 22.3 Å². The number of benzene rings is 1. The molecule has 1 amide bonds. The maximum atomic E-state index is 15.3. The predicted octanol–water partition coefficient (Wildman–Crippen LogP) is 4.51. The monoisotopic (exact) mass is 681 g/mol. The molecule has 0 radical (unpaired) electrons. The largest absolute Gasteiger partial charge is 0.398 e. The molecule has 1 saturated heterocycles. The molecule has 3 aliphatic rings. The van der Waals surface area contributed by atoms with Gasteiger partial charge < -0.3 is 15.5 Å². The van der Waals surface area contributed by atoms with Crippen molar-refractivity contribution in [2.24, 2.45) is 0 Å². The molecule has 4 aromatic rings. The van der Waals surface area contributed by atoms with Gasteiger partial charge in [-0.3, -0.25) is 14.2 Å². The highest BCUT2D eigenvalue weighted by Crippen LogP contribution is 2.48. The van der Waals surface area contributed by atoms with E-state index in [1.54, 1.807) is 4.90 Å². The van der Waals surface area contributed by atoms with Crippen LogP contribution in [0.25, 0.3) is 28.0 Å². The molecule has 244 valence electrons. The van der Waals surface area contributed by atoms with Crippen LogP contribution in [0.3, 0.4) is 0 Å². The number of rotatable bonds is 7. The van der Waals surface area contributed by atoms with E-state index in [0.29, 0.717) is 17.1 Å². The second-order valence-corrected chi connectivity index (χ2v) is 14.6. The lowest BCUT2D eigenvalue weighted by Crippen LogP contribution is -2.49. The highest BCUT2D eigenvalue weighted by atomic mass is 35.5. The zero-order chi connectivity index (χ0) is 33.4. The predicted molar refractivity (Wildman–Crippen MR) is 174 cm³/mol. The van der Waals surface area contributed by atoms with Crippen LogP contribution in [-0.2, 0) is 14.6 Å². The summed E-state index contributed by atoms with van der Waals surface area (Å²) in [5.41, 5.74) is 6.95. The van der Waals surface area contributed by atoms with Gasteiger partial charge in [0.15, 0.2) is 20.6 Å². The highest BCUT2D eigenvalue weighted by molar-refractivity contribution is 7.90. The van der Waals surface area contributed by atoms with Crippen molar-refractivity contribution in [2.45, 2.75) is 42.4 Å². The summed E-state index contributed by atoms with van der Waals surface area (Å²) in [7, 11) is -4.22. The van der Waals surface area contributed by atoms with Gasteiger partial charge in [-0.25, -0.2) is 32.2 Å². The van der Waals surface area contributed by atoms with Gasteiger partial charge in [0.25, 0.3) is 11.5 Å². The zero-order valence-electron chi connectivity index (χ0n) is 25.3. The fourth-order valence-corrected chi connectivity index (χ4v) is 7.56. The number of carbonyl (C=O) groups is 1. The Morgan fingerprint density at radius 1 is 1.04 bits per heavy atom. The number of anilines is 2. The molecule has 4 heterocycles. The lowest BCUT2D eigenvalue weighted by Gasteiger charge is -2.37. The average molecular weight is 682 g/mol. The van der Waals surface area contributed by atoms with Gasteiger partial charge in [-0.05, 0) is 43.9 Å². The number of nitrogen functional groups attached to an aromatic ring is 1. The Balaban J connectivity index is 1.58. The lowest BCUT2D eigenvalue weighted by atomic mass is 10.1. The summed E-state index contributed by atoms with van der Waals surface area (Å²) in [6.45, 7) is 3.28. The van der Waals surface area contributed by atoms with Gasteiger partial charge in [0, 0.05) is 55.3 Å². The molecule has 3 fully saturated rings. The van der Waals surface area contributed by atoms with Gasteiger partial charge >= 0.3 is 0 Å². The fourth-order valence-electron chi connectivity index (χ4n) is 6.32. The van der Waals surface area contributed by atoms with Crippen molar-refractivity contribution in [2.75, 3.05) is 43.1 Å². The smallest absolute Gasteiger partial charge is 0.282 e. The molecule has 0 atom stereocenters. The maximum Gasteiger partial charge on any atom is 0.282 e. The Morgan fingerprint density at radius 3 is 2.19 bits per heavy atom. The van der Waals surface area contributed by atoms with E-state index in [9.17, 15) is 22.4 Å². The number of fused-ring (bicyclic) bond motifs is 1. The summed E-state index contributed by atoms with van der Waals surface area (Å²) in [6, 6.07) is 5.63. The molecular weight excluding hydrogens is 652 g/mol. The van der Waals surface area contributed by atoms with Crippen LogP contribution in [0, 0.1) is 5.82 Å². The Labute approximate surface area is 273 Å². The minimum absolute atomic E-state index is 0.0219. The van der Waals surface area contributed by atoms with E-state index in [1.807, 2.05) is 0 Å². The summed E-state index contributed by atoms with van der Waals surface area (Å²) in [6.07, 6.45) is 5.76. The number of hydrogen-bond donors (Lipinski definition) is 1. The SMILES string of the molecule is C=C(F)C(=O)N1CCN(c2c(S(C)(=O)=O)c(=O)n(-c3c(C4CC4)ncnc3C3CC3)c3nc(-c4c(N)cccc4F)c(Cl)cc23)CC1. The third-order valence-corrected chi connectivity index (χ3v) is 10.2. The van der Waals surface area contributed by atoms with E-state index >= 15 is 4.39 Å². The molecule has 11 nitrogen and oxygen atoms in total. The third-order valence-electron chi connectivity index (χ3n) is 8.83. The van der Waals surface area contributed by atoms with Crippen LogP contribution in [0.4, 0.5) is 20.2 Å². The topological polar surface area (TPSA) is 144 Å². The van der Waals surface area contributed by atoms with Gasteiger partial charge in [-0.2, -0.15) is 0 Å². The number of amides is 1. The van der Waals surface area contributed by atoms with E-state index in [2.05, 4.69) is 16.5 Å². The van der Waals surface area contributed by atoms with Crippen LogP contribution in [0.2, 0.25) is 5.02 Å². The molecule has 0 unspecified atom stereocenters. The minimum atomic E-state index is -4.22. The molecule has 1 aromatic carbocycles. The normalized spacial score (nSPS) is 16.9. The fraction of sp³-hybridized carbons (Fsp3) is 0.344. The van der Waals surface area contributed by atoms with E-state index in [0.717, 1.165) is 31.9 Å². The van der Waals surface area contributed by atoms with Crippen molar-refractivity contribution >= 4 is 49.8 Å². The summed E-state index contributed by atoms with van der Waals surface area (Å²) in [4.78, 5) is 43.5. The summed E-state index contributed by atoms with van der Waals surface area (Å²) in [5, 5.41) is 0.174. The molecular formula is C32H30ClF2N7O4S. The average Bonchev–Trinajstić information content (AvgIpc) is 3.94. The molecule has 2 aliphatic carbocycles. The number of nitrogens with two attached hydrogens (primary N) is 1. The second-order valence-electron chi connectivity index (χ2n) is 12.2. The molecule has 2 N–H and O–H groups in total. The van der Waals surface area contributed by atoms with Gasteiger partial charge in [-0.1, -0.05) is 24.2 Å². The molecule has 7 rings (SSSR count). The molecule has 47 heavy (non-hydrogen) atoms. The van der Waals surface area contributed by atoms with E-state index < -0.39 is 37.8 Å². The number of hydrogen-bond acceptors (Lipinski definition) is 9. The summed E-state index contributed by atoms with van der Waals surface area (Å²) < 4.78 is 57.4. The quantitative estimate of drug-likeness (QED) is 0.220. The van der Waals surface area contributed by atoms with Crippen LogP contribution in [-0.4, -0.2) is 71.2 Å². The minimum Gasteiger partial charge on any atom is -0.398 e. The first-order valence-corrected chi connectivity index (χ1v) is 17.4. The van der Waals surface area contributed by atoms with Crippen LogP contribution in [0.5, 0.6) is 0 Å². The van der Waals surface area contributed by atoms with Crippen molar-refractivity contribution in [3.63, 3.8) is 0 Å². The van der Waals surface area contributed by atoms with Gasteiger partial charge in [0.1, 0.15) is 17.8 Å². The lowest BCUT2D eigenvalue weighted by molar-refractivity contribution is -0.128. The van der Waals surface area contributed by atoms with E-state index in [-0.39, 0.29) is 76.7 Å². The molecule has 15 heteroatoms. The first-order valence-electron chi connectivity index (χ1n) is 15.1. The van der Waals surface area contributed by atoms with Gasteiger partial charge in [0.2, 0.25) is 0 Å². The molecule has 0 bridgehead atoms. The van der Waals surface area contributed by atoms with Gasteiger partial charge in [-0.15, -0.1) is 0 Å². The second kappa shape index (κ2) is 11.4.